The molecule has 1 aromatic rings. The lowest BCUT2D eigenvalue weighted by Crippen LogP contribution is -2.20. The predicted octanol–water partition coefficient (Wildman–Crippen LogP) is 2.86. The summed E-state index contributed by atoms with van der Waals surface area (Å²) in [5.41, 5.74) is 3.59. The maximum atomic E-state index is 6.12. The van der Waals surface area contributed by atoms with Crippen LogP contribution < -0.4 is 15.0 Å². The molecule has 2 aliphatic rings. The number of anilines is 1. The van der Waals surface area contributed by atoms with E-state index in [1.807, 2.05) is 27.3 Å². The van der Waals surface area contributed by atoms with Crippen molar-refractivity contribution in [3.05, 3.63) is 59.5 Å². The molecular weight excluding hydrogens is 248 g/mol. The highest BCUT2D eigenvalue weighted by molar-refractivity contribution is 5.55. The maximum Gasteiger partial charge on any atom is 0.132 e. The maximum absolute atomic E-state index is 6.12. The summed E-state index contributed by atoms with van der Waals surface area (Å²) in [5, 5.41) is 3.06. The summed E-state index contributed by atoms with van der Waals surface area (Å²) in [6.07, 6.45) is 9.48. The highest BCUT2D eigenvalue weighted by atomic mass is 16.5. The van der Waals surface area contributed by atoms with Crippen molar-refractivity contribution in [1.82, 2.24) is 5.32 Å². The standard InChI is InChI=1S/C17H20N2O/c1-18-11-12-4-5-13-9-14-6-7-15(19(2)3)10-17(14)20-16(13)8-12/h4-8,10-11,13,18H,9H2,1-3H3. The fraction of sp³-hybridized carbons (Fsp3) is 0.294. The Morgan fingerprint density at radius 3 is 2.95 bits per heavy atom. The molecule has 0 aromatic heterocycles. The second-order valence-corrected chi connectivity index (χ2v) is 5.44. The molecule has 3 rings (SSSR count). The van der Waals surface area contributed by atoms with Gasteiger partial charge in [-0.25, -0.2) is 0 Å². The highest BCUT2D eigenvalue weighted by Gasteiger charge is 2.25. The van der Waals surface area contributed by atoms with Gasteiger partial charge < -0.3 is 15.0 Å². The third-order valence-electron chi connectivity index (χ3n) is 3.74. The Hall–Kier alpha value is -2.16. The molecule has 1 aliphatic heterocycles. The number of fused-ring (bicyclic) bond motifs is 2. The lowest BCUT2D eigenvalue weighted by molar-refractivity contribution is 0.340. The first-order chi connectivity index (χ1) is 9.67. The van der Waals surface area contributed by atoms with Crippen molar-refractivity contribution in [2.24, 2.45) is 5.92 Å². The van der Waals surface area contributed by atoms with Crippen LogP contribution in [0.3, 0.4) is 0 Å². The Bertz CT molecular complexity index is 611. The molecule has 0 radical (unpaired) electrons. The summed E-state index contributed by atoms with van der Waals surface area (Å²) in [6.45, 7) is 0. The Labute approximate surface area is 120 Å². The van der Waals surface area contributed by atoms with Crippen molar-refractivity contribution in [3.8, 4) is 5.75 Å². The van der Waals surface area contributed by atoms with E-state index in [9.17, 15) is 0 Å². The molecule has 3 heteroatoms. The summed E-state index contributed by atoms with van der Waals surface area (Å²) in [4.78, 5) is 2.09. The zero-order chi connectivity index (χ0) is 14.1. The van der Waals surface area contributed by atoms with E-state index in [-0.39, 0.29) is 0 Å². The van der Waals surface area contributed by atoms with Gasteiger partial charge >= 0.3 is 0 Å². The number of allylic oxidation sites excluding steroid dienone is 4. The van der Waals surface area contributed by atoms with Gasteiger partial charge in [-0.05, 0) is 29.7 Å². The highest BCUT2D eigenvalue weighted by Crippen LogP contribution is 2.38. The number of nitrogens with zero attached hydrogens (tertiary/aromatic N) is 1. The Morgan fingerprint density at radius 2 is 2.20 bits per heavy atom. The van der Waals surface area contributed by atoms with Crippen molar-refractivity contribution in [2.75, 3.05) is 26.0 Å². The molecule has 1 heterocycles. The van der Waals surface area contributed by atoms with Crippen molar-refractivity contribution in [1.29, 1.82) is 0 Å². The lowest BCUT2D eigenvalue weighted by Gasteiger charge is -2.29. The van der Waals surface area contributed by atoms with Crippen LogP contribution >= 0.6 is 0 Å². The molecule has 1 atom stereocenters. The van der Waals surface area contributed by atoms with Crippen LogP contribution in [-0.4, -0.2) is 21.1 Å². The minimum absolute atomic E-state index is 0.363. The average Bonchev–Trinajstić information content (AvgIpc) is 2.44. The van der Waals surface area contributed by atoms with Crippen LogP contribution in [0.5, 0.6) is 5.75 Å². The number of nitrogens with one attached hydrogen (secondary N) is 1. The van der Waals surface area contributed by atoms with E-state index in [4.69, 9.17) is 4.74 Å². The van der Waals surface area contributed by atoms with Crippen molar-refractivity contribution < 1.29 is 4.74 Å². The van der Waals surface area contributed by atoms with Gasteiger partial charge in [-0.15, -0.1) is 0 Å². The number of hydrogen-bond donors (Lipinski definition) is 1. The van der Waals surface area contributed by atoms with E-state index < -0.39 is 0 Å². The number of hydrogen-bond acceptors (Lipinski definition) is 3. The van der Waals surface area contributed by atoms with Gasteiger partial charge in [0.25, 0.3) is 0 Å². The molecule has 0 amide bonds. The SMILES string of the molecule is CNC=C1C=CC2Cc3ccc(N(C)C)cc3OC2=C1. The first-order valence-corrected chi connectivity index (χ1v) is 6.92. The zero-order valence-corrected chi connectivity index (χ0v) is 12.2. The van der Waals surface area contributed by atoms with Crippen LogP contribution in [0, 0.1) is 5.92 Å². The zero-order valence-electron chi connectivity index (χ0n) is 12.2. The normalized spacial score (nSPS) is 21.6. The first-order valence-electron chi connectivity index (χ1n) is 6.92. The average molecular weight is 268 g/mol. The van der Waals surface area contributed by atoms with Crippen LogP contribution in [-0.2, 0) is 6.42 Å². The van der Waals surface area contributed by atoms with E-state index in [0.717, 1.165) is 23.5 Å². The van der Waals surface area contributed by atoms with Gasteiger partial charge in [-0.2, -0.15) is 0 Å². The third-order valence-corrected chi connectivity index (χ3v) is 3.74. The van der Waals surface area contributed by atoms with Crippen molar-refractivity contribution >= 4 is 5.69 Å². The molecule has 1 aromatic carbocycles. The molecule has 104 valence electrons. The molecule has 20 heavy (non-hydrogen) atoms. The molecule has 0 bridgehead atoms. The molecule has 1 unspecified atom stereocenters. The number of benzene rings is 1. The van der Waals surface area contributed by atoms with Gasteiger partial charge in [0.15, 0.2) is 0 Å². The molecule has 0 saturated heterocycles. The van der Waals surface area contributed by atoms with Gasteiger partial charge in [0.2, 0.25) is 0 Å². The van der Waals surface area contributed by atoms with Crippen LogP contribution in [0.1, 0.15) is 5.56 Å². The lowest BCUT2D eigenvalue weighted by atomic mass is 9.89. The summed E-state index contributed by atoms with van der Waals surface area (Å²) < 4.78 is 6.12. The molecule has 0 fully saturated rings. The van der Waals surface area contributed by atoms with E-state index >= 15 is 0 Å². The summed E-state index contributed by atoms with van der Waals surface area (Å²) in [5.74, 6) is 2.39. The van der Waals surface area contributed by atoms with E-state index in [2.05, 4.69) is 46.6 Å². The second-order valence-electron chi connectivity index (χ2n) is 5.44. The molecule has 1 N–H and O–H groups in total. The molecule has 3 nitrogen and oxygen atoms in total. The van der Waals surface area contributed by atoms with Crippen molar-refractivity contribution in [2.45, 2.75) is 6.42 Å². The van der Waals surface area contributed by atoms with Gasteiger partial charge in [-0.3, -0.25) is 0 Å². The third kappa shape index (κ3) is 2.31. The minimum Gasteiger partial charge on any atom is -0.461 e. The summed E-state index contributed by atoms with van der Waals surface area (Å²) >= 11 is 0. The smallest absolute Gasteiger partial charge is 0.132 e. The Balaban J connectivity index is 1.94. The second kappa shape index (κ2) is 5.08. The van der Waals surface area contributed by atoms with E-state index in [0.29, 0.717) is 5.92 Å². The van der Waals surface area contributed by atoms with E-state index in [1.54, 1.807) is 0 Å². The van der Waals surface area contributed by atoms with Crippen LogP contribution in [0.25, 0.3) is 0 Å². The first kappa shape index (κ1) is 12.9. The fourth-order valence-electron chi connectivity index (χ4n) is 2.62. The van der Waals surface area contributed by atoms with Crippen molar-refractivity contribution in [3.63, 3.8) is 0 Å². The van der Waals surface area contributed by atoms with Crippen LogP contribution in [0.2, 0.25) is 0 Å². The van der Waals surface area contributed by atoms with Gasteiger partial charge in [0.05, 0.1) is 0 Å². The predicted molar refractivity (Wildman–Crippen MR) is 83.0 cm³/mol. The quantitative estimate of drug-likeness (QED) is 0.892. The van der Waals surface area contributed by atoms with E-state index in [1.165, 1.54) is 11.3 Å². The number of ether oxygens (including phenoxy) is 1. The van der Waals surface area contributed by atoms with Gasteiger partial charge in [-0.1, -0.05) is 18.2 Å². The van der Waals surface area contributed by atoms with Crippen LogP contribution in [0.4, 0.5) is 5.69 Å². The molecule has 1 aliphatic carbocycles. The van der Waals surface area contributed by atoms with Crippen LogP contribution in [0.15, 0.2) is 54.0 Å². The van der Waals surface area contributed by atoms with Gasteiger partial charge in [0.1, 0.15) is 11.5 Å². The number of rotatable bonds is 2. The minimum atomic E-state index is 0.363. The molecule has 0 spiro atoms. The molecular formula is C17H20N2O. The topological polar surface area (TPSA) is 24.5 Å². The largest absolute Gasteiger partial charge is 0.461 e. The monoisotopic (exact) mass is 268 g/mol. The Kier molecular flexibility index (Phi) is 3.26. The van der Waals surface area contributed by atoms with Gasteiger partial charge in [0, 0.05) is 45.0 Å². The summed E-state index contributed by atoms with van der Waals surface area (Å²) in [6, 6.07) is 6.44. The Morgan fingerprint density at radius 1 is 1.35 bits per heavy atom. The molecule has 0 saturated carbocycles. The summed E-state index contributed by atoms with van der Waals surface area (Å²) in [7, 11) is 6.00. The fourth-order valence-corrected chi connectivity index (χ4v) is 2.62.